The third kappa shape index (κ3) is 2.56. The second kappa shape index (κ2) is 5.74. The van der Waals surface area contributed by atoms with Gasteiger partial charge in [-0.2, -0.15) is 0 Å². The first-order valence-corrected chi connectivity index (χ1v) is 8.25. The van der Waals surface area contributed by atoms with Crippen molar-refractivity contribution in [1.82, 2.24) is 9.88 Å². The highest BCUT2D eigenvalue weighted by molar-refractivity contribution is 5.96. The van der Waals surface area contributed by atoms with E-state index >= 15 is 0 Å². The van der Waals surface area contributed by atoms with Gasteiger partial charge in [0.05, 0.1) is 11.6 Å². The number of amides is 1. The molecule has 1 fully saturated rings. The molecule has 1 heterocycles. The van der Waals surface area contributed by atoms with Gasteiger partial charge in [-0.15, -0.1) is 0 Å². The molecule has 122 valence electrons. The van der Waals surface area contributed by atoms with Crippen LogP contribution in [0.4, 0.5) is 0 Å². The topological polar surface area (TPSA) is 70.5 Å². The molecular weight excluding hydrogens is 304 g/mol. The molecule has 1 N–H and O–H groups in total. The Balaban J connectivity index is 1.68. The molecular formula is C19H18N2O3. The van der Waals surface area contributed by atoms with Crippen molar-refractivity contribution < 1.29 is 14.7 Å². The number of pyridine rings is 1. The second-order valence-electron chi connectivity index (χ2n) is 6.43. The minimum atomic E-state index is -1.05. The number of aromatic nitrogens is 1. The minimum Gasteiger partial charge on any atom is -0.478 e. The van der Waals surface area contributed by atoms with Gasteiger partial charge in [-0.1, -0.05) is 24.3 Å². The van der Waals surface area contributed by atoms with Gasteiger partial charge < -0.3 is 10.0 Å². The second-order valence-corrected chi connectivity index (χ2v) is 6.43. The molecule has 4 rings (SSSR count). The minimum absolute atomic E-state index is 0.0662. The van der Waals surface area contributed by atoms with E-state index in [0.29, 0.717) is 0 Å². The number of fused-ring (bicyclic) bond motifs is 1. The van der Waals surface area contributed by atoms with Crippen molar-refractivity contribution in [2.75, 3.05) is 0 Å². The van der Waals surface area contributed by atoms with Crippen LogP contribution in [0.3, 0.4) is 0 Å². The largest absolute Gasteiger partial charge is 0.478 e. The summed E-state index contributed by atoms with van der Waals surface area (Å²) in [5.41, 5.74) is 2.82. The zero-order valence-corrected chi connectivity index (χ0v) is 13.2. The van der Waals surface area contributed by atoms with E-state index in [9.17, 15) is 9.59 Å². The highest BCUT2D eigenvalue weighted by Gasteiger charge is 2.41. The first kappa shape index (κ1) is 14.9. The highest BCUT2D eigenvalue weighted by atomic mass is 16.4. The molecule has 2 aromatic rings. The van der Waals surface area contributed by atoms with E-state index in [1.807, 2.05) is 17.0 Å². The molecule has 1 aromatic heterocycles. The van der Waals surface area contributed by atoms with E-state index in [4.69, 9.17) is 5.11 Å². The van der Waals surface area contributed by atoms with Crippen LogP contribution in [0.2, 0.25) is 0 Å². The summed E-state index contributed by atoms with van der Waals surface area (Å²) in [6, 6.07) is 11.3. The number of benzene rings is 1. The molecule has 2 aliphatic carbocycles. The average molecular weight is 322 g/mol. The maximum atomic E-state index is 13.1. The van der Waals surface area contributed by atoms with Gasteiger partial charge in [0, 0.05) is 12.2 Å². The van der Waals surface area contributed by atoms with Crippen molar-refractivity contribution in [2.24, 2.45) is 0 Å². The van der Waals surface area contributed by atoms with Crippen LogP contribution in [0.15, 0.2) is 42.6 Å². The fourth-order valence-corrected chi connectivity index (χ4v) is 3.55. The standard InChI is InChI=1S/C19H18N2O3/c22-18(16-11-13(19(23)24)9-10-20-16)21(14-6-7-14)17-8-5-12-3-1-2-4-15(12)17/h1-4,9-11,14,17H,5-8H2,(H,23,24). The summed E-state index contributed by atoms with van der Waals surface area (Å²) in [5.74, 6) is -1.21. The smallest absolute Gasteiger partial charge is 0.335 e. The van der Waals surface area contributed by atoms with E-state index in [1.165, 1.54) is 29.5 Å². The van der Waals surface area contributed by atoms with Gasteiger partial charge in [0.15, 0.2) is 0 Å². The number of rotatable bonds is 4. The van der Waals surface area contributed by atoms with Gasteiger partial charge in [0.1, 0.15) is 5.69 Å². The number of hydrogen-bond donors (Lipinski definition) is 1. The molecule has 0 aliphatic heterocycles. The van der Waals surface area contributed by atoms with Crippen LogP contribution >= 0.6 is 0 Å². The van der Waals surface area contributed by atoms with Crippen molar-refractivity contribution in [3.8, 4) is 0 Å². The van der Waals surface area contributed by atoms with Gasteiger partial charge in [-0.05, 0) is 48.9 Å². The van der Waals surface area contributed by atoms with Crippen LogP contribution < -0.4 is 0 Å². The van der Waals surface area contributed by atoms with E-state index in [0.717, 1.165) is 25.7 Å². The molecule has 1 amide bonds. The monoisotopic (exact) mass is 322 g/mol. The molecule has 1 aromatic carbocycles. The fourth-order valence-electron chi connectivity index (χ4n) is 3.55. The van der Waals surface area contributed by atoms with Crippen molar-refractivity contribution >= 4 is 11.9 Å². The molecule has 1 saturated carbocycles. The molecule has 1 unspecified atom stereocenters. The van der Waals surface area contributed by atoms with E-state index in [-0.39, 0.29) is 29.2 Å². The Morgan fingerprint density at radius 2 is 1.92 bits per heavy atom. The Labute approximate surface area is 139 Å². The zero-order chi connectivity index (χ0) is 16.7. The molecule has 5 heteroatoms. The molecule has 0 bridgehead atoms. The summed E-state index contributed by atoms with van der Waals surface area (Å²) in [6.07, 6.45) is 5.29. The normalized spacial score (nSPS) is 18.9. The first-order chi connectivity index (χ1) is 11.6. The number of hydrogen-bond acceptors (Lipinski definition) is 3. The summed E-state index contributed by atoms with van der Waals surface area (Å²) in [6.45, 7) is 0. The van der Waals surface area contributed by atoms with Crippen molar-refractivity contribution in [3.05, 3.63) is 65.0 Å². The maximum Gasteiger partial charge on any atom is 0.335 e. The predicted molar refractivity (Wildman–Crippen MR) is 87.9 cm³/mol. The lowest BCUT2D eigenvalue weighted by atomic mass is 10.1. The number of aromatic carboxylic acids is 1. The summed E-state index contributed by atoms with van der Waals surface area (Å²) in [5, 5.41) is 9.14. The third-order valence-electron chi connectivity index (χ3n) is 4.84. The van der Waals surface area contributed by atoms with Gasteiger partial charge in [0.25, 0.3) is 5.91 Å². The van der Waals surface area contributed by atoms with Gasteiger partial charge in [-0.25, -0.2) is 4.79 Å². The van der Waals surface area contributed by atoms with E-state index < -0.39 is 5.97 Å². The average Bonchev–Trinajstić information content (AvgIpc) is 3.35. The predicted octanol–water partition coefficient (Wildman–Crippen LogP) is 3.07. The van der Waals surface area contributed by atoms with Crippen molar-refractivity contribution in [1.29, 1.82) is 0 Å². The zero-order valence-electron chi connectivity index (χ0n) is 13.2. The molecule has 1 atom stereocenters. The van der Waals surface area contributed by atoms with E-state index in [2.05, 4.69) is 17.1 Å². The molecule has 2 aliphatic rings. The Bertz CT molecular complexity index is 814. The summed E-state index contributed by atoms with van der Waals surface area (Å²) in [7, 11) is 0. The lowest BCUT2D eigenvalue weighted by Crippen LogP contribution is -2.36. The molecule has 24 heavy (non-hydrogen) atoms. The van der Waals surface area contributed by atoms with Crippen LogP contribution in [0.5, 0.6) is 0 Å². The van der Waals surface area contributed by atoms with Crippen molar-refractivity contribution in [2.45, 2.75) is 37.8 Å². The lowest BCUT2D eigenvalue weighted by molar-refractivity contribution is 0.0652. The molecule has 0 radical (unpaired) electrons. The van der Waals surface area contributed by atoms with Crippen LogP contribution in [0, 0.1) is 0 Å². The number of aryl methyl sites for hydroxylation is 1. The summed E-state index contributed by atoms with van der Waals surface area (Å²) in [4.78, 5) is 30.3. The van der Waals surface area contributed by atoms with Crippen LogP contribution in [-0.4, -0.2) is 32.9 Å². The van der Waals surface area contributed by atoms with Gasteiger partial charge >= 0.3 is 5.97 Å². The fraction of sp³-hybridized carbons (Fsp3) is 0.316. The van der Waals surface area contributed by atoms with Crippen LogP contribution in [0.25, 0.3) is 0 Å². The third-order valence-corrected chi connectivity index (χ3v) is 4.84. The molecule has 5 nitrogen and oxygen atoms in total. The number of carboxylic acids is 1. The molecule has 0 spiro atoms. The maximum absolute atomic E-state index is 13.1. The Morgan fingerprint density at radius 1 is 1.12 bits per heavy atom. The van der Waals surface area contributed by atoms with Crippen molar-refractivity contribution in [3.63, 3.8) is 0 Å². The number of nitrogens with zero attached hydrogens (tertiary/aromatic N) is 2. The first-order valence-electron chi connectivity index (χ1n) is 8.25. The number of carboxylic acid groups (broad SMARTS) is 1. The summed E-state index contributed by atoms with van der Waals surface area (Å²) < 4.78 is 0. The number of carbonyl (C=O) groups is 2. The Hall–Kier alpha value is -2.69. The Kier molecular flexibility index (Phi) is 3.56. The Morgan fingerprint density at radius 3 is 2.67 bits per heavy atom. The van der Waals surface area contributed by atoms with E-state index in [1.54, 1.807) is 0 Å². The van der Waals surface area contributed by atoms with Gasteiger partial charge in [0.2, 0.25) is 0 Å². The highest BCUT2D eigenvalue weighted by Crippen LogP contribution is 2.42. The van der Waals surface area contributed by atoms with Gasteiger partial charge in [-0.3, -0.25) is 9.78 Å². The molecule has 0 saturated heterocycles. The van der Waals surface area contributed by atoms with Crippen LogP contribution in [0.1, 0.15) is 57.3 Å². The lowest BCUT2D eigenvalue weighted by Gasteiger charge is -2.29. The number of carbonyl (C=O) groups excluding carboxylic acids is 1. The quantitative estimate of drug-likeness (QED) is 0.939. The SMILES string of the molecule is O=C(O)c1ccnc(C(=O)N(C2CC2)C2CCc3ccccc32)c1. The summed E-state index contributed by atoms with van der Waals surface area (Å²) >= 11 is 0. The van der Waals surface area contributed by atoms with Crippen LogP contribution in [-0.2, 0) is 6.42 Å².